The molecule has 4 nitrogen and oxygen atoms in total. The van der Waals surface area contributed by atoms with Crippen LogP contribution in [-0.2, 0) is 22.6 Å². The first kappa shape index (κ1) is 13.5. The number of rotatable bonds is 6. The van der Waals surface area contributed by atoms with E-state index in [-0.39, 0.29) is 5.78 Å². The predicted molar refractivity (Wildman–Crippen MR) is 64.6 cm³/mol. The molecular weight excluding hydrogens is 220 g/mol. The van der Waals surface area contributed by atoms with E-state index in [0.29, 0.717) is 24.5 Å². The van der Waals surface area contributed by atoms with Crippen molar-refractivity contribution in [2.24, 2.45) is 0 Å². The summed E-state index contributed by atoms with van der Waals surface area (Å²) in [6, 6.07) is 3.73. The van der Waals surface area contributed by atoms with Crippen LogP contribution < -0.4 is 9.47 Å². The van der Waals surface area contributed by atoms with Gasteiger partial charge in [0, 0.05) is 19.1 Å². The van der Waals surface area contributed by atoms with Crippen LogP contribution in [0, 0.1) is 0 Å². The molecule has 0 amide bonds. The normalized spacial score (nSPS) is 10.1. The molecule has 94 valence electrons. The highest BCUT2D eigenvalue weighted by atomic mass is 16.5. The van der Waals surface area contributed by atoms with E-state index in [1.807, 2.05) is 12.1 Å². The first-order valence-electron chi connectivity index (χ1n) is 5.34. The molecule has 0 heterocycles. The molecule has 0 fully saturated rings. The van der Waals surface area contributed by atoms with Gasteiger partial charge in [-0.05, 0) is 24.6 Å². The van der Waals surface area contributed by atoms with Gasteiger partial charge in [0.1, 0.15) is 17.3 Å². The highest BCUT2D eigenvalue weighted by Gasteiger charge is 2.14. The molecule has 0 atom stereocenters. The van der Waals surface area contributed by atoms with E-state index in [2.05, 4.69) is 0 Å². The van der Waals surface area contributed by atoms with Crippen molar-refractivity contribution in [2.45, 2.75) is 20.0 Å². The lowest BCUT2D eigenvalue weighted by Gasteiger charge is -2.14. The number of methoxy groups -OCH3 is 3. The maximum atomic E-state index is 11.2. The average molecular weight is 238 g/mol. The summed E-state index contributed by atoms with van der Waals surface area (Å²) in [5, 5.41) is 0. The number of Topliss-reactive ketones (excluding diaryl/α,β-unsaturated/α-hetero) is 1. The van der Waals surface area contributed by atoms with Crippen LogP contribution in [-0.4, -0.2) is 27.1 Å². The summed E-state index contributed by atoms with van der Waals surface area (Å²) in [4.78, 5) is 11.2. The van der Waals surface area contributed by atoms with Gasteiger partial charge in [0.2, 0.25) is 0 Å². The fraction of sp³-hybridized carbons (Fsp3) is 0.462. The second kappa shape index (κ2) is 6.25. The van der Waals surface area contributed by atoms with E-state index in [1.54, 1.807) is 28.3 Å². The lowest BCUT2D eigenvalue weighted by atomic mass is 10.0. The highest BCUT2D eigenvalue weighted by Crippen LogP contribution is 2.31. The van der Waals surface area contributed by atoms with Crippen molar-refractivity contribution in [3.05, 3.63) is 23.3 Å². The number of ketones is 1. The summed E-state index contributed by atoms with van der Waals surface area (Å²) < 4.78 is 15.6. The molecule has 0 aliphatic heterocycles. The van der Waals surface area contributed by atoms with E-state index in [1.165, 1.54) is 0 Å². The summed E-state index contributed by atoms with van der Waals surface area (Å²) in [5.41, 5.74) is 1.73. The molecule has 1 rings (SSSR count). The highest BCUT2D eigenvalue weighted by molar-refractivity contribution is 5.80. The SMILES string of the molecule is COCc1cc(OC)c(CC(C)=O)c(OC)c1. The van der Waals surface area contributed by atoms with Crippen molar-refractivity contribution in [3.8, 4) is 11.5 Å². The molecule has 0 saturated heterocycles. The van der Waals surface area contributed by atoms with Crippen molar-refractivity contribution in [1.29, 1.82) is 0 Å². The van der Waals surface area contributed by atoms with Gasteiger partial charge in [-0.2, -0.15) is 0 Å². The van der Waals surface area contributed by atoms with Gasteiger partial charge >= 0.3 is 0 Å². The smallest absolute Gasteiger partial charge is 0.134 e. The van der Waals surface area contributed by atoms with Crippen LogP contribution >= 0.6 is 0 Å². The van der Waals surface area contributed by atoms with E-state index in [9.17, 15) is 4.79 Å². The van der Waals surface area contributed by atoms with Crippen molar-refractivity contribution < 1.29 is 19.0 Å². The van der Waals surface area contributed by atoms with Crippen molar-refractivity contribution in [1.82, 2.24) is 0 Å². The van der Waals surface area contributed by atoms with Gasteiger partial charge in [-0.1, -0.05) is 0 Å². The Morgan fingerprint density at radius 3 is 2.00 bits per heavy atom. The molecule has 0 spiro atoms. The number of carbonyl (C=O) groups excluding carboxylic acids is 1. The first-order valence-corrected chi connectivity index (χ1v) is 5.34. The molecule has 1 aromatic carbocycles. The van der Waals surface area contributed by atoms with Gasteiger partial charge in [-0.15, -0.1) is 0 Å². The quantitative estimate of drug-likeness (QED) is 0.760. The van der Waals surface area contributed by atoms with Crippen LogP contribution in [0.5, 0.6) is 11.5 Å². The Bertz CT molecular complexity index is 373. The fourth-order valence-corrected chi connectivity index (χ4v) is 1.71. The zero-order valence-electron chi connectivity index (χ0n) is 10.7. The molecule has 0 aliphatic rings. The van der Waals surface area contributed by atoms with E-state index in [4.69, 9.17) is 14.2 Å². The predicted octanol–water partition coefficient (Wildman–Crippen LogP) is 1.98. The summed E-state index contributed by atoms with van der Waals surface area (Å²) >= 11 is 0. The number of benzene rings is 1. The lowest BCUT2D eigenvalue weighted by Crippen LogP contribution is -2.04. The second-order valence-corrected chi connectivity index (χ2v) is 3.79. The largest absolute Gasteiger partial charge is 0.496 e. The molecule has 0 N–H and O–H groups in total. The monoisotopic (exact) mass is 238 g/mol. The third kappa shape index (κ3) is 3.46. The van der Waals surface area contributed by atoms with Crippen molar-refractivity contribution >= 4 is 5.78 Å². The minimum atomic E-state index is 0.0705. The summed E-state index contributed by atoms with van der Waals surface area (Å²) in [7, 11) is 4.78. The Morgan fingerprint density at radius 2 is 1.65 bits per heavy atom. The van der Waals surface area contributed by atoms with Gasteiger partial charge in [0.05, 0.1) is 20.8 Å². The van der Waals surface area contributed by atoms with Gasteiger partial charge < -0.3 is 14.2 Å². The third-order valence-corrected chi connectivity index (χ3v) is 2.40. The lowest BCUT2D eigenvalue weighted by molar-refractivity contribution is -0.116. The molecule has 0 bridgehead atoms. The second-order valence-electron chi connectivity index (χ2n) is 3.79. The van der Waals surface area contributed by atoms with E-state index < -0.39 is 0 Å². The standard InChI is InChI=1S/C13H18O4/c1-9(14)5-11-12(16-3)6-10(8-15-2)7-13(11)17-4/h6-7H,5,8H2,1-4H3. The number of carbonyl (C=O) groups is 1. The van der Waals surface area contributed by atoms with Crippen LogP contribution in [0.25, 0.3) is 0 Å². The van der Waals surface area contributed by atoms with E-state index >= 15 is 0 Å². The van der Waals surface area contributed by atoms with Gasteiger partial charge in [-0.25, -0.2) is 0 Å². The van der Waals surface area contributed by atoms with Crippen molar-refractivity contribution in [2.75, 3.05) is 21.3 Å². The van der Waals surface area contributed by atoms with Crippen LogP contribution in [0.2, 0.25) is 0 Å². The van der Waals surface area contributed by atoms with Crippen LogP contribution in [0.4, 0.5) is 0 Å². The van der Waals surface area contributed by atoms with Crippen LogP contribution in [0.1, 0.15) is 18.1 Å². The van der Waals surface area contributed by atoms with Gasteiger partial charge in [-0.3, -0.25) is 4.79 Å². The minimum Gasteiger partial charge on any atom is -0.496 e. The van der Waals surface area contributed by atoms with E-state index in [0.717, 1.165) is 11.1 Å². The Kier molecular flexibility index (Phi) is 4.97. The molecule has 4 heteroatoms. The third-order valence-electron chi connectivity index (χ3n) is 2.40. The summed E-state index contributed by atoms with van der Waals surface area (Å²) in [6.45, 7) is 2.02. The number of hydrogen-bond acceptors (Lipinski definition) is 4. The maximum absolute atomic E-state index is 11.2. The number of hydrogen-bond donors (Lipinski definition) is 0. The van der Waals surface area contributed by atoms with Gasteiger partial charge in [0.15, 0.2) is 0 Å². The topological polar surface area (TPSA) is 44.8 Å². The Hall–Kier alpha value is -1.55. The zero-order chi connectivity index (χ0) is 12.8. The molecule has 0 aliphatic carbocycles. The Balaban J connectivity index is 3.20. The maximum Gasteiger partial charge on any atom is 0.134 e. The minimum absolute atomic E-state index is 0.0705. The molecule has 0 saturated carbocycles. The van der Waals surface area contributed by atoms with Crippen LogP contribution in [0.3, 0.4) is 0 Å². The molecule has 0 unspecified atom stereocenters. The fourth-order valence-electron chi connectivity index (χ4n) is 1.71. The Morgan fingerprint density at radius 1 is 1.12 bits per heavy atom. The van der Waals surface area contributed by atoms with Crippen LogP contribution in [0.15, 0.2) is 12.1 Å². The Labute approximate surface area is 101 Å². The van der Waals surface area contributed by atoms with Gasteiger partial charge in [0.25, 0.3) is 0 Å². The summed E-state index contributed by atoms with van der Waals surface area (Å²) in [6.07, 6.45) is 0.305. The molecule has 0 aromatic heterocycles. The first-order chi connectivity index (χ1) is 8.12. The molecular formula is C13H18O4. The van der Waals surface area contributed by atoms with Crippen molar-refractivity contribution in [3.63, 3.8) is 0 Å². The zero-order valence-corrected chi connectivity index (χ0v) is 10.7. The molecule has 17 heavy (non-hydrogen) atoms. The average Bonchev–Trinajstić information content (AvgIpc) is 2.30. The summed E-state index contributed by atoms with van der Waals surface area (Å²) in [5.74, 6) is 1.39. The molecule has 1 aromatic rings. The molecule has 0 radical (unpaired) electrons. The number of ether oxygens (including phenoxy) is 3.